The van der Waals surface area contributed by atoms with E-state index in [0.29, 0.717) is 5.69 Å². The fourth-order valence-corrected chi connectivity index (χ4v) is 4.24. The molecular weight excluding hydrogens is 429 g/mol. The number of imidazole rings is 1. The first-order chi connectivity index (χ1) is 15.5. The molecule has 5 aromatic rings. The van der Waals surface area contributed by atoms with Gasteiger partial charge in [-0.05, 0) is 41.3 Å². The van der Waals surface area contributed by atoms with Crippen molar-refractivity contribution < 1.29 is 9.18 Å². The van der Waals surface area contributed by atoms with Gasteiger partial charge in [-0.3, -0.25) is 9.36 Å². The Labute approximate surface area is 185 Å². The van der Waals surface area contributed by atoms with Gasteiger partial charge in [-0.25, -0.2) is 23.7 Å². The molecule has 158 valence electrons. The van der Waals surface area contributed by atoms with E-state index < -0.39 is 17.4 Å². The van der Waals surface area contributed by atoms with Crippen LogP contribution in [0, 0.1) is 5.82 Å². The second-order valence-electron chi connectivity index (χ2n) is 7.08. The van der Waals surface area contributed by atoms with Gasteiger partial charge in [0.15, 0.2) is 17.2 Å². The number of nitrogens with two attached hydrogens (primary N) is 1. The van der Waals surface area contributed by atoms with Gasteiger partial charge >= 0.3 is 5.69 Å². The lowest BCUT2D eigenvalue weighted by Crippen LogP contribution is -2.24. The van der Waals surface area contributed by atoms with Crippen LogP contribution in [-0.2, 0) is 6.54 Å². The Kier molecular flexibility index (Phi) is 4.87. The SMILES string of the molecule is NC(=O)c1nc(-c2cccs2)nc2c1n(Cc1ccccc1)c(=O)n2-c1ccc(F)cc1. The van der Waals surface area contributed by atoms with E-state index in [1.165, 1.54) is 44.7 Å². The number of benzene rings is 2. The van der Waals surface area contributed by atoms with E-state index in [1.54, 1.807) is 0 Å². The van der Waals surface area contributed by atoms with Gasteiger partial charge < -0.3 is 5.73 Å². The van der Waals surface area contributed by atoms with Crippen molar-refractivity contribution in [3.8, 4) is 16.4 Å². The summed E-state index contributed by atoms with van der Waals surface area (Å²) in [4.78, 5) is 35.7. The Morgan fingerprint density at radius 2 is 1.75 bits per heavy atom. The average molecular weight is 445 g/mol. The van der Waals surface area contributed by atoms with Crippen molar-refractivity contribution in [2.75, 3.05) is 0 Å². The van der Waals surface area contributed by atoms with Gasteiger partial charge in [0, 0.05) is 0 Å². The summed E-state index contributed by atoms with van der Waals surface area (Å²) in [7, 11) is 0. The molecule has 0 aliphatic rings. The lowest BCUT2D eigenvalue weighted by molar-refractivity contribution is 0.0997. The minimum atomic E-state index is -0.770. The largest absolute Gasteiger partial charge is 0.364 e. The number of halogens is 1. The van der Waals surface area contributed by atoms with Crippen molar-refractivity contribution in [2.45, 2.75) is 6.54 Å². The highest BCUT2D eigenvalue weighted by atomic mass is 32.1. The van der Waals surface area contributed by atoms with Crippen LogP contribution in [0.3, 0.4) is 0 Å². The smallest absolute Gasteiger partial charge is 0.335 e. The van der Waals surface area contributed by atoms with Crippen molar-refractivity contribution in [3.05, 3.63) is 99.7 Å². The molecule has 5 rings (SSSR count). The molecule has 7 nitrogen and oxygen atoms in total. The molecule has 0 unspecified atom stereocenters. The molecule has 0 radical (unpaired) electrons. The zero-order valence-electron chi connectivity index (χ0n) is 16.6. The lowest BCUT2D eigenvalue weighted by Gasteiger charge is -2.07. The van der Waals surface area contributed by atoms with Gasteiger partial charge in [0.05, 0.1) is 17.1 Å². The number of amides is 1. The summed E-state index contributed by atoms with van der Waals surface area (Å²) < 4.78 is 16.3. The molecule has 32 heavy (non-hydrogen) atoms. The number of fused-ring (bicyclic) bond motifs is 1. The van der Waals surface area contributed by atoms with Crippen molar-refractivity contribution >= 4 is 28.4 Å². The van der Waals surface area contributed by atoms with E-state index in [-0.39, 0.29) is 29.2 Å². The molecule has 0 fully saturated rings. The molecule has 0 aliphatic carbocycles. The van der Waals surface area contributed by atoms with Crippen LogP contribution in [0.15, 0.2) is 76.9 Å². The number of rotatable bonds is 5. The monoisotopic (exact) mass is 445 g/mol. The quantitative estimate of drug-likeness (QED) is 0.447. The maximum atomic E-state index is 13.6. The van der Waals surface area contributed by atoms with Gasteiger partial charge in [0.25, 0.3) is 5.91 Å². The zero-order valence-corrected chi connectivity index (χ0v) is 17.4. The average Bonchev–Trinajstić information content (AvgIpc) is 3.42. The molecule has 2 aromatic carbocycles. The second kappa shape index (κ2) is 7.86. The summed E-state index contributed by atoms with van der Waals surface area (Å²) in [6.45, 7) is 0.187. The molecule has 2 N–H and O–H groups in total. The summed E-state index contributed by atoms with van der Waals surface area (Å²) in [5.74, 6) is -0.913. The summed E-state index contributed by atoms with van der Waals surface area (Å²) >= 11 is 1.40. The summed E-state index contributed by atoms with van der Waals surface area (Å²) in [6, 6.07) is 18.5. The highest BCUT2D eigenvalue weighted by Gasteiger charge is 2.24. The van der Waals surface area contributed by atoms with E-state index in [9.17, 15) is 14.0 Å². The molecule has 3 aromatic heterocycles. The first-order valence-electron chi connectivity index (χ1n) is 9.70. The first-order valence-corrected chi connectivity index (χ1v) is 10.6. The highest BCUT2D eigenvalue weighted by molar-refractivity contribution is 7.13. The van der Waals surface area contributed by atoms with Crippen LogP contribution in [0.4, 0.5) is 4.39 Å². The number of hydrogen-bond acceptors (Lipinski definition) is 5. The third-order valence-corrected chi connectivity index (χ3v) is 5.88. The number of aromatic nitrogens is 4. The van der Waals surface area contributed by atoms with Crippen LogP contribution in [0.25, 0.3) is 27.6 Å². The number of carbonyl (C=O) groups excluding carboxylic acids is 1. The number of primary amides is 1. The predicted octanol–water partition coefficient (Wildman–Crippen LogP) is 3.60. The summed E-state index contributed by atoms with van der Waals surface area (Å²) in [5.41, 5.74) is 6.93. The van der Waals surface area contributed by atoms with Crippen LogP contribution in [0.1, 0.15) is 16.1 Å². The van der Waals surface area contributed by atoms with Gasteiger partial charge in [-0.2, -0.15) is 0 Å². The van der Waals surface area contributed by atoms with Crippen LogP contribution in [0.5, 0.6) is 0 Å². The second-order valence-corrected chi connectivity index (χ2v) is 8.02. The molecular formula is C23H16FN5O2S. The number of thiophene rings is 1. The van der Waals surface area contributed by atoms with Crippen molar-refractivity contribution in [1.29, 1.82) is 0 Å². The third-order valence-electron chi connectivity index (χ3n) is 5.01. The number of nitrogens with zero attached hydrogens (tertiary/aromatic N) is 4. The van der Waals surface area contributed by atoms with Gasteiger partial charge in [-0.15, -0.1) is 11.3 Å². The molecule has 9 heteroatoms. The molecule has 0 atom stereocenters. The first kappa shape index (κ1) is 19.8. The van der Waals surface area contributed by atoms with E-state index in [0.717, 1.165) is 10.4 Å². The lowest BCUT2D eigenvalue weighted by atomic mass is 10.2. The van der Waals surface area contributed by atoms with E-state index >= 15 is 0 Å². The van der Waals surface area contributed by atoms with Crippen LogP contribution in [0.2, 0.25) is 0 Å². The standard InChI is InChI=1S/C23H16FN5O2S/c24-15-8-10-16(11-9-15)29-22-19(28(23(29)31)13-14-5-2-1-3-6-14)18(20(25)30)26-21(27-22)17-7-4-12-32-17/h1-12H,13H2,(H2,25,30). The van der Waals surface area contributed by atoms with Crippen LogP contribution in [-0.4, -0.2) is 25.0 Å². The molecule has 0 spiro atoms. The van der Waals surface area contributed by atoms with Crippen LogP contribution >= 0.6 is 11.3 Å². The summed E-state index contributed by atoms with van der Waals surface area (Å²) in [6.07, 6.45) is 0. The van der Waals surface area contributed by atoms with E-state index in [1.807, 2.05) is 47.8 Å². The number of carbonyl (C=O) groups is 1. The Bertz CT molecular complexity index is 1490. The van der Waals surface area contributed by atoms with Gasteiger partial charge in [0.2, 0.25) is 0 Å². The molecule has 0 saturated heterocycles. The Hall–Kier alpha value is -4.11. The Morgan fingerprint density at radius 1 is 1.00 bits per heavy atom. The van der Waals surface area contributed by atoms with Crippen molar-refractivity contribution in [2.24, 2.45) is 5.73 Å². The Morgan fingerprint density at radius 3 is 2.41 bits per heavy atom. The molecule has 0 bridgehead atoms. The summed E-state index contributed by atoms with van der Waals surface area (Å²) in [5, 5.41) is 1.86. The van der Waals surface area contributed by atoms with Gasteiger partial charge in [0.1, 0.15) is 11.3 Å². The van der Waals surface area contributed by atoms with Gasteiger partial charge in [-0.1, -0.05) is 36.4 Å². The van der Waals surface area contributed by atoms with E-state index in [4.69, 9.17) is 5.73 Å². The molecule has 0 saturated carbocycles. The maximum Gasteiger partial charge on any atom is 0.335 e. The van der Waals surface area contributed by atoms with Crippen LogP contribution < -0.4 is 11.4 Å². The zero-order chi connectivity index (χ0) is 22.2. The Balaban J connectivity index is 1.87. The van der Waals surface area contributed by atoms with Crippen molar-refractivity contribution in [3.63, 3.8) is 0 Å². The topological polar surface area (TPSA) is 95.8 Å². The molecule has 1 amide bonds. The minimum Gasteiger partial charge on any atom is -0.364 e. The third kappa shape index (κ3) is 3.38. The van der Waals surface area contributed by atoms with E-state index in [2.05, 4.69) is 9.97 Å². The predicted molar refractivity (Wildman–Crippen MR) is 120 cm³/mol. The fourth-order valence-electron chi connectivity index (χ4n) is 3.58. The highest BCUT2D eigenvalue weighted by Crippen LogP contribution is 2.26. The van der Waals surface area contributed by atoms with Crippen molar-refractivity contribution in [1.82, 2.24) is 19.1 Å². The maximum absolute atomic E-state index is 13.6. The molecule has 0 aliphatic heterocycles. The fraction of sp³-hybridized carbons (Fsp3) is 0.0435. The normalized spacial score (nSPS) is 11.2. The number of hydrogen-bond donors (Lipinski definition) is 1. The molecule has 3 heterocycles. The minimum absolute atomic E-state index is 0.0488.